The Morgan fingerprint density at radius 2 is 2.20 bits per heavy atom. The summed E-state index contributed by atoms with van der Waals surface area (Å²) in [6.45, 7) is 1.65. The third kappa shape index (κ3) is 5.06. The number of carboxylic acid groups (broad SMARTS) is 1. The van der Waals surface area contributed by atoms with Crippen LogP contribution in [0.3, 0.4) is 0 Å². The number of aromatic nitrogens is 1. The molecule has 1 saturated heterocycles. The first-order valence-electron chi connectivity index (χ1n) is 9.97. The number of carboxylic acids is 1. The van der Waals surface area contributed by atoms with E-state index in [0.717, 1.165) is 11.3 Å². The molecule has 4 N–H and O–H groups in total. The van der Waals surface area contributed by atoms with Crippen molar-refractivity contribution in [3.63, 3.8) is 0 Å². The van der Waals surface area contributed by atoms with Crippen molar-refractivity contribution in [2.24, 2.45) is 5.16 Å². The Hall–Kier alpha value is -3.30. The van der Waals surface area contributed by atoms with Crippen LogP contribution in [0.15, 0.2) is 48.0 Å². The van der Waals surface area contributed by atoms with Gasteiger partial charge < -0.3 is 25.4 Å². The van der Waals surface area contributed by atoms with Crippen LogP contribution in [0.1, 0.15) is 11.5 Å². The number of anilines is 1. The Kier molecular flexibility index (Phi) is 7.18. The Morgan fingerprint density at radius 1 is 1.43 bits per heavy atom. The van der Waals surface area contributed by atoms with E-state index in [2.05, 4.69) is 15.5 Å². The van der Waals surface area contributed by atoms with Gasteiger partial charge in [-0.2, -0.15) is 0 Å². The summed E-state index contributed by atoms with van der Waals surface area (Å²) < 4.78 is 4.94. The van der Waals surface area contributed by atoms with Gasteiger partial charge in [0.05, 0.1) is 0 Å². The minimum atomic E-state index is -1.24. The highest BCUT2D eigenvalue weighted by Gasteiger charge is 2.54. The first-order chi connectivity index (χ1) is 16.7. The smallest absolute Gasteiger partial charge is 0.352 e. The molecule has 0 spiro atoms. The average Bonchev–Trinajstić information content (AvgIpc) is 3.23. The molecule has 2 aromatic rings. The third-order valence-corrected chi connectivity index (χ3v) is 8.05. The number of thioether (sulfide) groups is 2. The van der Waals surface area contributed by atoms with Crippen LogP contribution in [0.5, 0.6) is 0 Å². The Labute approximate surface area is 210 Å². The van der Waals surface area contributed by atoms with Crippen molar-refractivity contribution in [1.29, 1.82) is 0 Å². The summed E-state index contributed by atoms with van der Waals surface area (Å²) in [6.07, 6.45) is 0. The second-order valence-corrected chi connectivity index (χ2v) is 10.4. The SMILES string of the molecule is CO/N=C(\C(=O)N[C@@H]1C(=O)N2C(C(=O)O)=C(CSc3cc(C)oc(=O)c3)CS[C@@H]12)c1csc(N)n1. The van der Waals surface area contributed by atoms with Crippen LogP contribution < -0.4 is 16.7 Å². The molecule has 2 aromatic heterocycles. The van der Waals surface area contributed by atoms with Crippen LogP contribution in [0.4, 0.5) is 5.13 Å². The van der Waals surface area contributed by atoms with E-state index in [-0.39, 0.29) is 28.0 Å². The van der Waals surface area contributed by atoms with E-state index in [9.17, 15) is 24.3 Å². The molecule has 1 fully saturated rings. The van der Waals surface area contributed by atoms with Crippen LogP contribution in [0.2, 0.25) is 0 Å². The molecule has 0 bridgehead atoms. The number of amides is 2. The molecule has 0 saturated carbocycles. The Balaban J connectivity index is 1.50. The van der Waals surface area contributed by atoms with Gasteiger partial charge in [0.15, 0.2) is 10.8 Å². The number of carbonyl (C=O) groups is 3. The number of thiazole rings is 1. The predicted molar refractivity (Wildman–Crippen MR) is 130 cm³/mol. The molecular formula is C20H19N5O7S3. The highest BCUT2D eigenvalue weighted by Crippen LogP contribution is 2.41. The fourth-order valence-corrected chi connectivity index (χ4v) is 6.56. The van der Waals surface area contributed by atoms with E-state index in [1.165, 1.54) is 47.0 Å². The highest BCUT2D eigenvalue weighted by molar-refractivity contribution is 8.01. The van der Waals surface area contributed by atoms with Crippen LogP contribution in [-0.2, 0) is 19.2 Å². The fraction of sp³-hybridized carbons (Fsp3) is 0.300. The van der Waals surface area contributed by atoms with Crippen molar-refractivity contribution in [3.05, 3.63) is 50.7 Å². The van der Waals surface area contributed by atoms with Crippen molar-refractivity contribution in [3.8, 4) is 0 Å². The van der Waals surface area contributed by atoms with Gasteiger partial charge in [0.25, 0.3) is 11.8 Å². The first-order valence-corrected chi connectivity index (χ1v) is 12.9. The number of oxime groups is 1. The fourth-order valence-electron chi connectivity index (χ4n) is 3.53. The monoisotopic (exact) mass is 537 g/mol. The van der Waals surface area contributed by atoms with Crippen LogP contribution >= 0.6 is 34.9 Å². The summed E-state index contributed by atoms with van der Waals surface area (Å²) in [6, 6.07) is 2.06. The number of hydrogen-bond donors (Lipinski definition) is 3. The second kappa shape index (κ2) is 10.1. The Morgan fingerprint density at radius 3 is 2.83 bits per heavy atom. The number of nitrogen functional groups attached to an aromatic ring is 1. The molecule has 2 atom stereocenters. The normalized spacial score (nSPS) is 19.8. The van der Waals surface area contributed by atoms with Gasteiger partial charge in [-0.05, 0) is 18.6 Å². The van der Waals surface area contributed by atoms with Gasteiger partial charge in [0.2, 0.25) is 0 Å². The number of carbonyl (C=O) groups excluding carboxylic acids is 2. The largest absolute Gasteiger partial charge is 0.477 e. The first kappa shape index (κ1) is 24.8. The zero-order valence-corrected chi connectivity index (χ0v) is 20.8. The number of fused-ring (bicyclic) bond motifs is 1. The standard InChI is InChI=1S/C20H19N5O7S3/c1-8-3-10(4-12(26)32-8)33-5-9-6-34-18-14(17(28)25(18)15(9)19(29)30)23-16(27)13(24-31-2)11-7-35-20(21)22-11/h3-4,7,14,18H,5-6H2,1-2H3,(H2,21,22)(H,23,27)(H,29,30)/b24-13-/t14-,18+/m1/s1. The van der Waals surface area contributed by atoms with Gasteiger partial charge in [0, 0.05) is 27.8 Å². The van der Waals surface area contributed by atoms with E-state index >= 15 is 0 Å². The highest BCUT2D eigenvalue weighted by atomic mass is 32.2. The maximum Gasteiger partial charge on any atom is 0.352 e. The van der Waals surface area contributed by atoms with E-state index in [1.54, 1.807) is 13.0 Å². The van der Waals surface area contributed by atoms with Crippen molar-refractivity contribution in [2.45, 2.75) is 23.2 Å². The molecule has 2 aliphatic heterocycles. The third-order valence-electron chi connectivity index (χ3n) is 4.98. The average molecular weight is 538 g/mol. The van der Waals surface area contributed by atoms with Crippen LogP contribution in [0, 0.1) is 6.92 Å². The van der Waals surface area contributed by atoms with Gasteiger partial charge in [-0.15, -0.1) is 34.9 Å². The topological polar surface area (TPSA) is 177 Å². The number of aryl methyl sites for hydroxylation is 1. The maximum absolute atomic E-state index is 12.9. The number of nitrogens with two attached hydrogens (primary N) is 1. The molecule has 35 heavy (non-hydrogen) atoms. The molecular weight excluding hydrogens is 518 g/mol. The van der Waals surface area contributed by atoms with Gasteiger partial charge in [0.1, 0.15) is 35.7 Å². The van der Waals surface area contributed by atoms with E-state index < -0.39 is 34.8 Å². The molecule has 184 valence electrons. The molecule has 2 aliphatic rings. The summed E-state index contributed by atoms with van der Waals surface area (Å²) in [4.78, 5) is 59.9. The number of nitrogens with zero attached hydrogens (tertiary/aromatic N) is 3. The quantitative estimate of drug-likeness (QED) is 0.188. The number of hydrogen-bond acceptors (Lipinski definition) is 12. The van der Waals surface area contributed by atoms with Crippen LogP contribution in [-0.4, -0.2) is 68.5 Å². The Bertz CT molecular complexity index is 1320. The molecule has 0 aromatic carbocycles. The van der Waals surface area contributed by atoms with Crippen molar-refractivity contribution in [2.75, 3.05) is 24.3 Å². The number of rotatable bonds is 8. The molecule has 0 unspecified atom stereocenters. The number of aliphatic carboxylic acids is 1. The summed E-state index contributed by atoms with van der Waals surface area (Å²) in [5, 5.41) is 17.3. The van der Waals surface area contributed by atoms with E-state index in [4.69, 9.17) is 15.0 Å². The maximum atomic E-state index is 12.9. The van der Waals surface area contributed by atoms with Crippen molar-refractivity contribution in [1.82, 2.24) is 15.2 Å². The molecule has 15 heteroatoms. The summed E-state index contributed by atoms with van der Waals surface area (Å²) in [5.41, 5.74) is 5.60. The summed E-state index contributed by atoms with van der Waals surface area (Å²) in [7, 11) is 1.27. The molecule has 0 aliphatic carbocycles. The molecule has 0 radical (unpaired) electrons. The van der Waals surface area contributed by atoms with Crippen molar-refractivity contribution < 1.29 is 28.7 Å². The molecule has 4 heterocycles. The lowest BCUT2D eigenvalue weighted by molar-refractivity contribution is -0.150. The number of nitrogens with one attached hydrogen (secondary N) is 1. The minimum Gasteiger partial charge on any atom is -0.477 e. The van der Waals surface area contributed by atoms with Crippen molar-refractivity contribution >= 4 is 63.5 Å². The van der Waals surface area contributed by atoms with Gasteiger partial charge in [-0.3, -0.25) is 14.5 Å². The van der Waals surface area contributed by atoms with Gasteiger partial charge in [-0.25, -0.2) is 14.6 Å². The molecule has 2 amide bonds. The zero-order chi connectivity index (χ0) is 25.3. The predicted octanol–water partition coefficient (Wildman–Crippen LogP) is 0.868. The summed E-state index contributed by atoms with van der Waals surface area (Å²) in [5.74, 6) is -1.46. The van der Waals surface area contributed by atoms with Gasteiger partial charge >= 0.3 is 11.6 Å². The number of β-lactam (4-membered cyclic amide) rings is 1. The molecule has 12 nitrogen and oxygen atoms in total. The zero-order valence-electron chi connectivity index (χ0n) is 18.3. The van der Waals surface area contributed by atoms with Crippen LogP contribution in [0.25, 0.3) is 0 Å². The van der Waals surface area contributed by atoms with Gasteiger partial charge in [-0.1, -0.05) is 5.16 Å². The van der Waals surface area contributed by atoms with E-state index in [0.29, 0.717) is 22.0 Å². The summed E-state index contributed by atoms with van der Waals surface area (Å²) >= 11 is 3.73. The second-order valence-electron chi connectivity index (χ2n) is 7.32. The lowest BCUT2D eigenvalue weighted by Crippen LogP contribution is -2.71. The lowest BCUT2D eigenvalue weighted by Gasteiger charge is -2.49. The molecule has 4 rings (SSSR count). The lowest BCUT2D eigenvalue weighted by atomic mass is 10.0. The van der Waals surface area contributed by atoms with E-state index in [1.807, 2.05) is 0 Å². The minimum absolute atomic E-state index is 0.116.